The highest BCUT2D eigenvalue weighted by Gasteiger charge is 2.18. The number of likely N-dealkylation sites (N-methyl/N-ethyl adjacent to an activating group) is 1. The molecular formula is C23H35N3S. The number of piperazine rings is 1. The Morgan fingerprint density at radius 1 is 1.07 bits per heavy atom. The van der Waals surface area contributed by atoms with Crippen LogP contribution in [-0.2, 0) is 13.1 Å². The maximum Gasteiger partial charge on any atom is 0.0413 e. The largest absolute Gasteiger partial charge is 0.301 e. The van der Waals surface area contributed by atoms with Gasteiger partial charge in [0, 0.05) is 50.2 Å². The van der Waals surface area contributed by atoms with E-state index in [1.165, 1.54) is 59.9 Å². The van der Waals surface area contributed by atoms with Crippen molar-refractivity contribution in [2.75, 3.05) is 39.8 Å². The summed E-state index contributed by atoms with van der Waals surface area (Å²) < 4.78 is 0. The topological polar surface area (TPSA) is 9.72 Å². The molecule has 2 heterocycles. The van der Waals surface area contributed by atoms with Gasteiger partial charge in [-0.15, -0.1) is 11.3 Å². The van der Waals surface area contributed by atoms with E-state index in [0.29, 0.717) is 6.04 Å². The first-order valence-electron chi connectivity index (χ1n) is 10.2. The lowest BCUT2D eigenvalue weighted by Crippen LogP contribution is -2.45. The zero-order valence-electron chi connectivity index (χ0n) is 17.7. The first kappa shape index (κ1) is 20.5. The molecule has 1 aromatic heterocycles. The summed E-state index contributed by atoms with van der Waals surface area (Å²) in [5.74, 6) is 0. The summed E-state index contributed by atoms with van der Waals surface area (Å²) in [5.41, 5.74) is 5.84. The van der Waals surface area contributed by atoms with Crippen LogP contribution in [0.15, 0.2) is 29.6 Å². The molecule has 0 radical (unpaired) electrons. The number of aryl methyl sites for hydroxylation is 1. The number of hydrogen-bond donors (Lipinski definition) is 0. The zero-order valence-corrected chi connectivity index (χ0v) is 18.5. The Hall–Kier alpha value is -1.20. The van der Waals surface area contributed by atoms with Gasteiger partial charge in [0.1, 0.15) is 0 Å². The molecule has 0 bridgehead atoms. The van der Waals surface area contributed by atoms with Crippen molar-refractivity contribution >= 4 is 11.3 Å². The number of thiophene rings is 1. The molecule has 0 spiro atoms. The average Bonchev–Trinajstić information content (AvgIpc) is 3.20. The molecule has 1 fully saturated rings. The molecule has 1 saturated heterocycles. The Labute approximate surface area is 169 Å². The van der Waals surface area contributed by atoms with E-state index in [4.69, 9.17) is 0 Å². The summed E-state index contributed by atoms with van der Waals surface area (Å²) in [7, 11) is 2.25. The third-order valence-corrected chi connectivity index (χ3v) is 7.15. The smallest absolute Gasteiger partial charge is 0.0413 e. The normalized spacial score (nSPS) is 17.6. The minimum absolute atomic E-state index is 0.454. The molecule has 1 aliphatic rings. The summed E-state index contributed by atoms with van der Waals surface area (Å²) >= 11 is 1.85. The summed E-state index contributed by atoms with van der Waals surface area (Å²) in [6, 6.07) is 9.63. The van der Waals surface area contributed by atoms with E-state index in [-0.39, 0.29) is 0 Å². The molecule has 1 aliphatic heterocycles. The molecule has 0 aliphatic carbocycles. The van der Waals surface area contributed by atoms with Crippen molar-refractivity contribution < 1.29 is 0 Å². The molecule has 0 N–H and O–H groups in total. The number of hydrogen-bond acceptors (Lipinski definition) is 4. The van der Waals surface area contributed by atoms with Crippen LogP contribution in [0.5, 0.6) is 0 Å². The first-order chi connectivity index (χ1) is 13.0. The van der Waals surface area contributed by atoms with Crippen molar-refractivity contribution in [3.63, 3.8) is 0 Å². The molecule has 27 heavy (non-hydrogen) atoms. The van der Waals surface area contributed by atoms with Gasteiger partial charge in [0.15, 0.2) is 0 Å². The number of nitrogens with zero attached hydrogens (tertiary/aromatic N) is 3. The standard InChI is InChI=1S/C23H35N3S/c1-6-25-9-11-26(12-10-25)17-22-15-18(2)14-21(19(22)3)16-24(5)20(4)23-8-7-13-27-23/h7-8,13-15,20H,6,9-12,16-17H2,1-5H3. The van der Waals surface area contributed by atoms with Crippen LogP contribution < -0.4 is 0 Å². The second-order valence-corrected chi connectivity index (χ2v) is 9.00. The minimum atomic E-state index is 0.454. The monoisotopic (exact) mass is 385 g/mol. The van der Waals surface area contributed by atoms with Crippen LogP contribution in [0.25, 0.3) is 0 Å². The third kappa shape index (κ3) is 5.20. The fourth-order valence-corrected chi connectivity index (χ4v) is 4.85. The number of benzene rings is 1. The molecule has 1 unspecified atom stereocenters. The van der Waals surface area contributed by atoms with Crippen LogP contribution in [-0.4, -0.2) is 54.5 Å². The van der Waals surface area contributed by atoms with Gasteiger partial charge in [-0.3, -0.25) is 9.80 Å². The second-order valence-electron chi connectivity index (χ2n) is 8.03. The van der Waals surface area contributed by atoms with E-state index < -0.39 is 0 Å². The van der Waals surface area contributed by atoms with E-state index in [1.54, 1.807) is 0 Å². The number of rotatable bonds is 7. The van der Waals surface area contributed by atoms with Crippen molar-refractivity contribution in [2.24, 2.45) is 0 Å². The van der Waals surface area contributed by atoms with Crippen LogP contribution in [0.3, 0.4) is 0 Å². The van der Waals surface area contributed by atoms with Crippen molar-refractivity contribution in [2.45, 2.75) is 46.8 Å². The van der Waals surface area contributed by atoms with Gasteiger partial charge in [-0.05, 0) is 62.5 Å². The highest BCUT2D eigenvalue weighted by molar-refractivity contribution is 7.10. The minimum Gasteiger partial charge on any atom is -0.301 e. The first-order valence-corrected chi connectivity index (χ1v) is 11.1. The molecule has 4 heteroatoms. The summed E-state index contributed by atoms with van der Waals surface area (Å²) in [6.07, 6.45) is 0. The Morgan fingerprint density at radius 3 is 2.37 bits per heavy atom. The Kier molecular flexibility index (Phi) is 7.10. The maximum atomic E-state index is 2.62. The summed E-state index contributed by atoms with van der Waals surface area (Å²) in [6.45, 7) is 17.2. The van der Waals surface area contributed by atoms with E-state index in [9.17, 15) is 0 Å². The fraction of sp³-hybridized carbons (Fsp3) is 0.565. The van der Waals surface area contributed by atoms with Crippen LogP contribution in [0.1, 0.15) is 47.0 Å². The lowest BCUT2D eigenvalue weighted by atomic mass is 9.97. The molecule has 2 aromatic rings. The van der Waals surface area contributed by atoms with Crippen molar-refractivity contribution in [1.82, 2.24) is 14.7 Å². The molecule has 1 aromatic carbocycles. The Morgan fingerprint density at radius 2 is 1.74 bits per heavy atom. The van der Waals surface area contributed by atoms with Crippen molar-refractivity contribution in [1.29, 1.82) is 0 Å². The average molecular weight is 386 g/mol. The van der Waals surface area contributed by atoms with E-state index in [0.717, 1.165) is 13.1 Å². The molecular weight excluding hydrogens is 350 g/mol. The molecule has 3 nitrogen and oxygen atoms in total. The van der Waals surface area contributed by atoms with E-state index >= 15 is 0 Å². The SMILES string of the molecule is CCN1CCN(Cc2cc(C)cc(CN(C)C(C)c3cccs3)c2C)CC1. The van der Waals surface area contributed by atoms with Crippen molar-refractivity contribution in [3.05, 3.63) is 56.8 Å². The van der Waals surface area contributed by atoms with Gasteiger partial charge in [0.05, 0.1) is 0 Å². The van der Waals surface area contributed by atoms with Crippen LogP contribution in [0, 0.1) is 13.8 Å². The second kappa shape index (κ2) is 9.33. The van der Waals surface area contributed by atoms with Crippen LogP contribution in [0.2, 0.25) is 0 Å². The van der Waals surface area contributed by atoms with Gasteiger partial charge < -0.3 is 4.90 Å². The van der Waals surface area contributed by atoms with Gasteiger partial charge >= 0.3 is 0 Å². The van der Waals surface area contributed by atoms with Crippen LogP contribution in [0.4, 0.5) is 0 Å². The highest BCUT2D eigenvalue weighted by atomic mass is 32.1. The highest BCUT2D eigenvalue weighted by Crippen LogP contribution is 2.27. The van der Waals surface area contributed by atoms with Gasteiger partial charge in [-0.25, -0.2) is 0 Å². The Bertz CT molecular complexity index is 717. The Balaban J connectivity index is 1.69. The van der Waals surface area contributed by atoms with Gasteiger partial charge in [-0.1, -0.05) is 30.7 Å². The predicted octanol–water partition coefficient (Wildman–Crippen LogP) is 4.70. The van der Waals surface area contributed by atoms with E-state index in [1.807, 2.05) is 11.3 Å². The quantitative estimate of drug-likeness (QED) is 0.684. The molecule has 0 saturated carbocycles. The molecule has 1 atom stereocenters. The lowest BCUT2D eigenvalue weighted by molar-refractivity contribution is 0.131. The predicted molar refractivity (Wildman–Crippen MR) is 118 cm³/mol. The maximum absolute atomic E-state index is 2.62. The molecule has 0 amide bonds. The van der Waals surface area contributed by atoms with Crippen LogP contribution >= 0.6 is 11.3 Å². The zero-order chi connectivity index (χ0) is 19.4. The summed E-state index contributed by atoms with van der Waals surface area (Å²) in [5, 5.41) is 2.17. The van der Waals surface area contributed by atoms with Gasteiger partial charge in [0.2, 0.25) is 0 Å². The fourth-order valence-electron chi connectivity index (χ4n) is 4.00. The molecule has 3 rings (SSSR count). The van der Waals surface area contributed by atoms with Gasteiger partial charge in [0.25, 0.3) is 0 Å². The lowest BCUT2D eigenvalue weighted by Gasteiger charge is -2.34. The van der Waals surface area contributed by atoms with Gasteiger partial charge in [-0.2, -0.15) is 0 Å². The molecule has 148 valence electrons. The summed E-state index contributed by atoms with van der Waals surface area (Å²) in [4.78, 5) is 9.08. The third-order valence-electron chi connectivity index (χ3n) is 6.11. The van der Waals surface area contributed by atoms with E-state index in [2.05, 4.69) is 79.1 Å². The van der Waals surface area contributed by atoms with Crippen molar-refractivity contribution in [3.8, 4) is 0 Å².